The number of hydrogen-bond donors (Lipinski definition) is 0. The van der Waals surface area contributed by atoms with E-state index in [4.69, 9.17) is 14.2 Å². The summed E-state index contributed by atoms with van der Waals surface area (Å²) in [6.07, 6.45) is 0. The molecule has 0 amide bonds. The van der Waals surface area contributed by atoms with Crippen LogP contribution in [0.5, 0.6) is 17.2 Å². The summed E-state index contributed by atoms with van der Waals surface area (Å²) in [7, 11) is 1.72. The Bertz CT molecular complexity index is 676. The average Bonchev–Trinajstić information content (AvgIpc) is 2.96. The first-order valence-electron chi connectivity index (χ1n) is 7.15. The van der Waals surface area contributed by atoms with Crippen LogP contribution in [0.4, 0.5) is 0 Å². The monoisotopic (exact) mass is 284 g/mol. The molecular weight excluding hydrogens is 264 g/mol. The first kappa shape index (κ1) is 13.8. The molecule has 110 valence electrons. The molecule has 3 nitrogen and oxygen atoms in total. The number of fused-ring (bicyclic) bond motifs is 1. The Kier molecular flexibility index (Phi) is 3.50. The third kappa shape index (κ3) is 2.44. The Morgan fingerprint density at radius 1 is 1.00 bits per heavy atom. The molecule has 3 heteroatoms. The second kappa shape index (κ2) is 5.32. The van der Waals surface area contributed by atoms with Gasteiger partial charge >= 0.3 is 0 Å². The fourth-order valence-corrected chi connectivity index (χ4v) is 2.69. The Morgan fingerprint density at radius 2 is 1.76 bits per heavy atom. The van der Waals surface area contributed by atoms with Gasteiger partial charge in [0.1, 0.15) is 5.75 Å². The Balaban J connectivity index is 1.98. The minimum atomic E-state index is 0.271. The van der Waals surface area contributed by atoms with Crippen LogP contribution >= 0.6 is 0 Å². The van der Waals surface area contributed by atoms with E-state index < -0.39 is 0 Å². The van der Waals surface area contributed by atoms with Gasteiger partial charge in [0, 0.05) is 5.92 Å². The van der Waals surface area contributed by atoms with Crippen molar-refractivity contribution in [3.05, 3.63) is 52.6 Å². The van der Waals surface area contributed by atoms with Gasteiger partial charge in [-0.25, -0.2) is 0 Å². The third-order valence-corrected chi connectivity index (χ3v) is 4.26. The van der Waals surface area contributed by atoms with Crippen molar-refractivity contribution in [3.8, 4) is 17.2 Å². The Hall–Kier alpha value is -2.16. The van der Waals surface area contributed by atoms with Gasteiger partial charge in [0.25, 0.3) is 0 Å². The second-order valence-electron chi connectivity index (χ2n) is 5.50. The maximum absolute atomic E-state index is 5.48. The zero-order chi connectivity index (χ0) is 15.0. The van der Waals surface area contributed by atoms with Gasteiger partial charge in [-0.3, -0.25) is 0 Å². The SMILES string of the molecule is COc1cc(C(C)c2ccc3c(c2)OCO3)cc(C)c1C. The van der Waals surface area contributed by atoms with Crippen LogP contribution in [0.3, 0.4) is 0 Å². The molecule has 21 heavy (non-hydrogen) atoms. The highest BCUT2D eigenvalue weighted by Gasteiger charge is 2.17. The quantitative estimate of drug-likeness (QED) is 0.845. The van der Waals surface area contributed by atoms with Crippen LogP contribution in [-0.4, -0.2) is 13.9 Å². The molecule has 1 atom stereocenters. The fraction of sp³-hybridized carbons (Fsp3) is 0.333. The predicted octanol–water partition coefficient (Wildman–Crippen LogP) is 4.19. The largest absolute Gasteiger partial charge is 0.496 e. The van der Waals surface area contributed by atoms with E-state index in [2.05, 4.69) is 45.0 Å². The molecule has 0 saturated carbocycles. The van der Waals surface area contributed by atoms with Crippen LogP contribution in [0.2, 0.25) is 0 Å². The molecule has 0 bridgehead atoms. The van der Waals surface area contributed by atoms with Gasteiger partial charge in [-0.15, -0.1) is 0 Å². The van der Waals surface area contributed by atoms with E-state index in [9.17, 15) is 0 Å². The standard InChI is InChI=1S/C18H20O3/c1-11-7-15(9-17(19-4)12(11)2)13(3)14-5-6-16-18(8-14)21-10-20-16/h5-9,13H,10H2,1-4H3. The molecule has 2 aromatic rings. The predicted molar refractivity (Wildman–Crippen MR) is 82.6 cm³/mol. The minimum absolute atomic E-state index is 0.271. The molecule has 3 rings (SSSR count). The minimum Gasteiger partial charge on any atom is -0.496 e. The number of hydrogen-bond acceptors (Lipinski definition) is 3. The van der Waals surface area contributed by atoms with Crippen molar-refractivity contribution < 1.29 is 14.2 Å². The smallest absolute Gasteiger partial charge is 0.231 e. The second-order valence-corrected chi connectivity index (χ2v) is 5.50. The molecule has 0 saturated heterocycles. The van der Waals surface area contributed by atoms with Crippen molar-refractivity contribution in [2.45, 2.75) is 26.7 Å². The lowest BCUT2D eigenvalue weighted by Crippen LogP contribution is -2.00. The molecule has 1 aliphatic heterocycles. The molecule has 0 spiro atoms. The van der Waals surface area contributed by atoms with E-state index in [1.807, 2.05) is 6.07 Å². The number of aryl methyl sites for hydroxylation is 1. The van der Waals surface area contributed by atoms with Gasteiger partial charge in [0.15, 0.2) is 11.5 Å². The van der Waals surface area contributed by atoms with Crippen LogP contribution in [0.25, 0.3) is 0 Å². The lowest BCUT2D eigenvalue weighted by Gasteiger charge is -2.17. The highest BCUT2D eigenvalue weighted by Crippen LogP contribution is 2.37. The van der Waals surface area contributed by atoms with E-state index in [0.29, 0.717) is 6.79 Å². The average molecular weight is 284 g/mol. The summed E-state index contributed by atoms with van der Waals surface area (Å²) in [5, 5.41) is 0. The highest BCUT2D eigenvalue weighted by atomic mass is 16.7. The van der Waals surface area contributed by atoms with Crippen molar-refractivity contribution >= 4 is 0 Å². The number of methoxy groups -OCH3 is 1. The summed E-state index contributed by atoms with van der Waals surface area (Å²) in [5.74, 6) is 2.86. The van der Waals surface area contributed by atoms with Gasteiger partial charge in [0.2, 0.25) is 6.79 Å². The molecule has 0 radical (unpaired) electrons. The third-order valence-electron chi connectivity index (χ3n) is 4.26. The van der Waals surface area contributed by atoms with Crippen LogP contribution in [0, 0.1) is 13.8 Å². The molecule has 1 aliphatic rings. The summed E-state index contributed by atoms with van der Waals surface area (Å²) in [4.78, 5) is 0. The van der Waals surface area contributed by atoms with Gasteiger partial charge in [-0.05, 0) is 54.3 Å². The van der Waals surface area contributed by atoms with Crippen LogP contribution in [-0.2, 0) is 0 Å². The maximum Gasteiger partial charge on any atom is 0.231 e. The van der Waals surface area contributed by atoms with Crippen molar-refractivity contribution in [2.24, 2.45) is 0 Å². The summed E-state index contributed by atoms with van der Waals surface area (Å²) in [6.45, 7) is 6.71. The molecule has 1 heterocycles. The normalized spacial score (nSPS) is 14.1. The first-order chi connectivity index (χ1) is 10.1. The van der Waals surface area contributed by atoms with Gasteiger partial charge in [-0.1, -0.05) is 19.1 Å². The van der Waals surface area contributed by atoms with Gasteiger partial charge in [-0.2, -0.15) is 0 Å². The molecule has 2 aromatic carbocycles. The number of benzene rings is 2. The zero-order valence-corrected chi connectivity index (χ0v) is 12.9. The van der Waals surface area contributed by atoms with Crippen LogP contribution in [0.15, 0.2) is 30.3 Å². The Labute approximate surface area is 125 Å². The Morgan fingerprint density at radius 3 is 2.52 bits per heavy atom. The summed E-state index contributed by atoms with van der Waals surface area (Å²) >= 11 is 0. The highest BCUT2D eigenvalue weighted by molar-refractivity contribution is 5.49. The van der Waals surface area contributed by atoms with Crippen molar-refractivity contribution in [1.29, 1.82) is 0 Å². The van der Waals surface area contributed by atoms with E-state index >= 15 is 0 Å². The fourth-order valence-electron chi connectivity index (χ4n) is 2.69. The van der Waals surface area contributed by atoms with E-state index in [1.54, 1.807) is 7.11 Å². The summed E-state index contributed by atoms with van der Waals surface area (Å²) in [6, 6.07) is 10.5. The first-order valence-corrected chi connectivity index (χ1v) is 7.15. The summed E-state index contributed by atoms with van der Waals surface area (Å²) < 4.78 is 16.3. The maximum atomic E-state index is 5.48. The van der Waals surface area contributed by atoms with Crippen LogP contribution < -0.4 is 14.2 Å². The van der Waals surface area contributed by atoms with Crippen molar-refractivity contribution in [1.82, 2.24) is 0 Å². The zero-order valence-electron chi connectivity index (χ0n) is 12.9. The lowest BCUT2D eigenvalue weighted by molar-refractivity contribution is 0.174. The number of ether oxygens (including phenoxy) is 3. The molecule has 0 aromatic heterocycles. The van der Waals surface area contributed by atoms with Gasteiger partial charge < -0.3 is 14.2 Å². The molecule has 1 unspecified atom stereocenters. The van der Waals surface area contributed by atoms with Crippen LogP contribution in [0.1, 0.15) is 35.1 Å². The topological polar surface area (TPSA) is 27.7 Å². The molecule has 0 N–H and O–H groups in total. The lowest BCUT2D eigenvalue weighted by atomic mass is 9.90. The number of rotatable bonds is 3. The summed E-state index contributed by atoms with van der Waals surface area (Å²) in [5.41, 5.74) is 4.90. The van der Waals surface area contributed by atoms with E-state index in [0.717, 1.165) is 17.2 Å². The van der Waals surface area contributed by atoms with Crippen molar-refractivity contribution in [2.75, 3.05) is 13.9 Å². The van der Waals surface area contributed by atoms with Crippen molar-refractivity contribution in [3.63, 3.8) is 0 Å². The molecule has 0 aliphatic carbocycles. The van der Waals surface area contributed by atoms with E-state index in [1.165, 1.54) is 22.3 Å². The molecule has 0 fully saturated rings. The van der Waals surface area contributed by atoms with Gasteiger partial charge in [0.05, 0.1) is 7.11 Å². The van der Waals surface area contributed by atoms with E-state index in [-0.39, 0.29) is 5.92 Å². The molecular formula is C18H20O3.